The van der Waals surface area contributed by atoms with E-state index in [2.05, 4.69) is 15.4 Å². The molecule has 2 atom stereocenters. The zero-order chi connectivity index (χ0) is 17.1. The highest BCUT2D eigenvalue weighted by molar-refractivity contribution is 5.96. The summed E-state index contributed by atoms with van der Waals surface area (Å²) in [5.41, 5.74) is 0.727. The van der Waals surface area contributed by atoms with Crippen LogP contribution in [0.2, 0.25) is 0 Å². The molecule has 2 rings (SSSR count). The number of carbonyl (C=O) groups excluding carboxylic acids is 1. The Hall–Kier alpha value is -2.64. The molecule has 0 aromatic carbocycles. The number of carboxylic acids is 1. The van der Waals surface area contributed by atoms with Gasteiger partial charge in [-0.25, -0.2) is 9.78 Å². The molecule has 8 heteroatoms. The Morgan fingerprint density at radius 3 is 2.70 bits per heavy atom. The molecule has 0 radical (unpaired) electrons. The summed E-state index contributed by atoms with van der Waals surface area (Å²) in [6, 6.07) is -0.967. The number of aromatic nitrogens is 3. The lowest BCUT2D eigenvalue weighted by Crippen LogP contribution is -2.45. The number of aryl methyl sites for hydroxylation is 2. The molecule has 0 aliphatic rings. The Morgan fingerprint density at radius 2 is 2.17 bits per heavy atom. The molecule has 0 saturated carbocycles. The van der Waals surface area contributed by atoms with Crippen LogP contribution in [0.5, 0.6) is 0 Å². The molecule has 0 aliphatic heterocycles. The number of rotatable bonds is 6. The summed E-state index contributed by atoms with van der Waals surface area (Å²) in [4.78, 5) is 27.8. The summed E-state index contributed by atoms with van der Waals surface area (Å²) in [5, 5.41) is 15.8. The molecule has 0 saturated heterocycles. The Labute approximate surface area is 133 Å². The largest absolute Gasteiger partial charge is 0.480 e. The first-order valence-corrected chi connectivity index (χ1v) is 7.33. The second-order valence-corrected chi connectivity index (χ2v) is 5.50. The molecule has 8 nitrogen and oxygen atoms in total. The van der Waals surface area contributed by atoms with Gasteiger partial charge in [0.1, 0.15) is 11.8 Å². The van der Waals surface area contributed by atoms with Crippen LogP contribution < -0.4 is 5.32 Å². The highest BCUT2D eigenvalue weighted by atomic mass is 16.4. The average Bonchev–Trinajstić information content (AvgIpc) is 3.09. The molecule has 2 aromatic rings. The van der Waals surface area contributed by atoms with E-state index in [-0.39, 0.29) is 17.5 Å². The van der Waals surface area contributed by atoms with Gasteiger partial charge in [-0.2, -0.15) is 5.10 Å². The topological polar surface area (TPSA) is 110 Å². The predicted molar refractivity (Wildman–Crippen MR) is 81.8 cm³/mol. The second-order valence-electron chi connectivity index (χ2n) is 5.50. The van der Waals surface area contributed by atoms with E-state index in [9.17, 15) is 14.7 Å². The predicted octanol–water partition coefficient (Wildman–Crippen LogP) is 1.61. The number of carbonyl (C=O) groups is 2. The summed E-state index contributed by atoms with van der Waals surface area (Å²) in [6.45, 7) is 5.26. The van der Waals surface area contributed by atoms with Crippen molar-refractivity contribution in [2.45, 2.75) is 33.2 Å². The second kappa shape index (κ2) is 6.64. The molecule has 23 heavy (non-hydrogen) atoms. The lowest BCUT2D eigenvalue weighted by atomic mass is 9.99. The van der Waals surface area contributed by atoms with Gasteiger partial charge in [0.15, 0.2) is 5.69 Å². The van der Waals surface area contributed by atoms with Crippen LogP contribution in [0.3, 0.4) is 0 Å². The van der Waals surface area contributed by atoms with E-state index in [4.69, 9.17) is 4.42 Å². The number of hydrogen-bond acceptors (Lipinski definition) is 5. The van der Waals surface area contributed by atoms with Gasteiger partial charge in [-0.3, -0.25) is 9.48 Å². The highest BCUT2D eigenvalue weighted by Crippen LogP contribution is 2.21. The van der Waals surface area contributed by atoms with Gasteiger partial charge in [-0.15, -0.1) is 0 Å². The third-order valence-electron chi connectivity index (χ3n) is 3.73. The molecule has 2 heterocycles. The maximum atomic E-state index is 12.3. The fourth-order valence-corrected chi connectivity index (χ4v) is 2.15. The standard InChI is InChI=1S/C15H20N4O4/c1-5-8(2)11(15(21)22)17-13(20)12-9(3)23-14(18-12)10-6-16-19(4)7-10/h6-8,11H,5H2,1-4H3,(H,17,20)(H,21,22)/t8-,11-/m0/s1. The first-order valence-electron chi connectivity index (χ1n) is 7.33. The summed E-state index contributed by atoms with van der Waals surface area (Å²) >= 11 is 0. The Morgan fingerprint density at radius 1 is 1.48 bits per heavy atom. The number of nitrogens with one attached hydrogen (secondary N) is 1. The number of oxazole rings is 1. The molecule has 2 N–H and O–H groups in total. The Bertz CT molecular complexity index is 719. The Kier molecular flexibility index (Phi) is 4.83. The third-order valence-corrected chi connectivity index (χ3v) is 3.73. The molecule has 124 valence electrons. The quantitative estimate of drug-likeness (QED) is 0.836. The van der Waals surface area contributed by atoms with Gasteiger partial charge in [0.05, 0.1) is 11.8 Å². The summed E-state index contributed by atoms with van der Waals surface area (Å²) < 4.78 is 7.09. The van der Waals surface area contributed by atoms with Gasteiger partial charge >= 0.3 is 5.97 Å². The van der Waals surface area contributed by atoms with Crippen LogP contribution in [0.25, 0.3) is 11.5 Å². The normalized spacial score (nSPS) is 13.6. The zero-order valence-electron chi connectivity index (χ0n) is 13.5. The first kappa shape index (κ1) is 16.7. The Balaban J connectivity index is 2.22. The minimum absolute atomic E-state index is 0.0819. The van der Waals surface area contributed by atoms with E-state index in [1.54, 1.807) is 38.0 Å². The minimum atomic E-state index is -1.07. The van der Waals surface area contributed by atoms with Crippen molar-refractivity contribution in [3.63, 3.8) is 0 Å². The molecule has 0 bridgehead atoms. The number of amides is 1. The van der Waals surface area contributed by atoms with Crippen molar-refractivity contribution in [1.82, 2.24) is 20.1 Å². The summed E-state index contributed by atoms with van der Waals surface area (Å²) in [7, 11) is 1.76. The van der Waals surface area contributed by atoms with Crippen LogP contribution in [0, 0.1) is 12.8 Å². The SMILES string of the molecule is CC[C@H](C)[C@H](NC(=O)c1nc(-c2cnn(C)c2)oc1C)C(=O)O. The fraction of sp³-hybridized carbons (Fsp3) is 0.467. The van der Waals surface area contributed by atoms with Crippen molar-refractivity contribution >= 4 is 11.9 Å². The number of nitrogens with zero attached hydrogens (tertiary/aromatic N) is 3. The minimum Gasteiger partial charge on any atom is -0.480 e. The van der Waals surface area contributed by atoms with Crippen LogP contribution in [0.15, 0.2) is 16.8 Å². The molecule has 2 aromatic heterocycles. The van der Waals surface area contributed by atoms with Gasteiger partial charge in [0.2, 0.25) is 5.89 Å². The van der Waals surface area contributed by atoms with Crippen LogP contribution in [0.1, 0.15) is 36.5 Å². The smallest absolute Gasteiger partial charge is 0.326 e. The summed E-state index contributed by atoms with van der Waals surface area (Å²) in [6.07, 6.45) is 3.92. The average molecular weight is 320 g/mol. The van der Waals surface area contributed by atoms with Crippen LogP contribution in [-0.4, -0.2) is 37.8 Å². The maximum absolute atomic E-state index is 12.3. The molecule has 0 spiro atoms. The molecule has 0 unspecified atom stereocenters. The van der Waals surface area contributed by atoms with Crippen LogP contribution >= 0.6 is 0 Å². The van der Waals surface area contributed by atoms with E-state index < -0.39 is 17.9 Å². The summed E-state index contributed by atoms with van der Waals surface area (Å²) in [5.74, 6) is -1.22. The van der Waals surface area contributed by atoms with Crippen molar-refractivity contribution in [3.05, 3.63) is 23.8 Å². The van der Waals surface area contributed by atoms with Crippen molar-refractivity contribution < 1.29 is 19.1 Å². The van der Waals surface area contributed by atoms with Gasteiger partial charge in [-0.1, -0.05) is 20.3 Å². The van der Waals surface area contributed by atoms with Crippen molar-refractivity contribution in [2.75, 3.05) is 0 Å². The van der Waals surface area contributed by atoms with E-state index in [1.165, 1.54) is 0 Å². The highest BCUT2D eigenvalue weighted by Gasteiger charge is 2.28. The van der Waals surface area contributed by atoms with E-state index in [1.807, 2.05) is 6.92 Å². The van der Waals surface area contributed by atoms with Gasteiger partial charge in [-0.05, 0) is 12.8 Å². The van der Waals surface area contributed by atoms with Gasteiger partial charge < -0.3 is 14.8 Å². The van der Waals surface area contributed by atoms with Crippen LogP contribution in [-0.2, 0) is 11.8 Å². The number of carboxylic acid groups (broad SMARTS) is 1. The van der Waals surface area contributed by atoms with Crippen molar-refractivity contribution in [1.29, 1.82) is 0 Å². The molecule has 0 aliphatic carbocycles. The fourth-order valence-electron chi connectivity index (χ4n) is 2.15. The van der Waals surface area contributed by atoms with E-state index in [0.29, 0.717) is 17.7 Å². The lowest BCUT2D eigenvalue weighted by Gasteiger charge is -2.19. The van der Waals surface area contributed by atoms with E-state index in [0.717, 1.165) is 0 Å². The van der Waals surface area contributed by atoms with Gasteiger partial charge in [0, 0.05) is 13.2 Å². The van der Waals surface area contributed by atoms with E-state index >= 15 is 0 Å². The number of hydrogen-bond donors (Lipinski definition) is 2. The third kappa shape index (κ3) is 3.58. The van der Waals surface area contributed by atoms with Crippen LogP contribution in [0.4, 0.5) is 0 Å². The van der Waals surface area contributed by atoms with Crippen molar-refractivity contribution in [2.24, 2.45) is 13.0 Å². The lowest BCUT2D eigenvalue weighted by molar-refractivity contribution is -0.140. The zero-order valence-corrected chi connectivity index (χ0v) is 13.5. The molecular formula is C15H20N4O4. The molecular weight excluding hydrogens is 300 g/mol. The molecule has 1 amide bonds. The number of aliphatic carboxylic acids is 1. The van der Waals surface area contributed by atoms with Gasteiger partial charge in [0.25, 0.3) is 5.91 Å². The molecule has 0 fully saturated rings. The first-order chi connectivity index (χ1) is 10.8. The van der Waals surface area contributed by atoms with Crippen molar-refractivity contribution in [3.8, 4) is 11.5 Å². The monoisotopic (exact) mass is 320 g/mol. The maximum Gasteiger partial charge on any atom is 0.326 e.